The predicted molar refractivity (Wildman–Crippen MR) is 98.8 cm³/mol. The normalized spacial score (nSPS) is 20.8. The minimum Gasteiger partial charge on any atom is -0.314 e. The molecular formula is C15H21ClN4OS2. The van der Waals surface area contributed by atoms with E-state index in [-0.39, 0.29) is 24.2 Å². The van der Waals surface area contributed by atoms with Gasteiger partial charge in [-0.3, -0.25) is 4.79 Å². The third-order valence-electron chi connectivity index (χ3n) is 3.86. The molecule has 3 rings (SSSR count). The molecule has 1 saturated heterocycles. The lowest BCUT2D eigenvalue weighted by molar-refractivity contribution is -0.120. The van der Waals surface area contributed by atoms with Gasteiger partial charge < -0.3 is 10.6 Å². The molecule has 0 unspecified atom stereocenters. The van der Waals surface area contributed by atoms with Crippen LogP contribution in [0.25, 0.3) is 10.6 Å². The lowest BCUT2D eigenvalue weighted by Gasteiger charge is -2.26. The van der Waals surface area contributed by atoms with Crippen LogP contribution >= 0.6 is 35.1 Å². The van der Waals surface area contributed by atoms with Crippen molar-refractivity contribution < 1.29 is 4.79 Å². The maximum absolute atomic E-state index is 12.3. The first kappa shape index (κ1) is 18.3. The number of rotatable bonds is 3. The van der Waals surface area contributed by atoms with Crippen molar-refractivity contribution in [3.05, 3.63) is 16.1 Å². The van der Waals surface area contributed by atoms with Crippen LogP contribution in [0, 0.1) is 19.8 Å². The molecule has 0 aliphatic carbocycles. The number of halogens is 1. The van der Waals surface area contributed by atoms with E-state index in [1.54, 1.807) is 11.3 Å². The van der Waals surface area contributed by atoms with Crippen LogP contribution in [0.1, 0.15) is 30.5 Å². The number of piperidine rings is 1. The Bertz CT molecular complexity index is 685. The van der Waals surface area contributed by atoms with E-state index in [1.165, 1.54) is 11.3 Å². The molecule has 0 aromatic carbocycles. The second kappa shape index (κ2) is 7.70. The van der Waals surface area contributed by atoms with Gasteiger partial charge in [0.15, 0.2) is 5.13 Å². The van der Waals surface area contributed by atoms with Crippen LogP contribution < -0.4 is 10.6 Å². The zero-order valence-electron chi connectivity index (χ0n) is 13.4. The molecule has 8 heteroatoms. The number of amides is 1. The summed E-state index contributed by atoms with van der Waals surface area (Å²) in [5.74, 6) is 0.169. The molecule has 2 atom stereocenters. The molecule has 1 amide bonds. The number of aryl methyl sites for hydroxylation is 2. The Morgan fingerprint density at radius 1 is 1.39 bits per heavy atom. The van der Waals surface area contributed by atoms with Gasteiger partial charge in [0.25, 0.3) is 0 Å². The Labute approximate surface area is 150 Å². The fourth-order valence-corrected chi connectivity index (χ4v) is 4.44. The number of carbonyl (C=O) groups excluding carboxylic acids is 1. The number of anilines is 1. The lowest BCUT2D eigenvalue weighted by Crippen LogP contribution is -2.40. The topological polar surface area (TPSA) is 66.9 Å². The molecule has 2 N–H and O–H groups in total. The van der Waals surface area contributed by atoms with Crippen LogP contribution in [0.5, 0.6) is 0 Å². The summed E-state index contributed by atoms with van der Waals surface area (Å²) in [6, 6.07) is 0.402. The van der Waals surface area contributed by atoms with Crippen molar-refractivity contribution in [2.45, 2.75) is 39.7 Å². The van der Waals surface area contributed by atoms with Crippen molar-refractivity contribution in [2.24, 2.45) is 5.92 Å². The summed E-state index contributed by atoms with van der Waals surface area (Å²) in [7, 11) is 0. The number of thiazole rings is 2. The maximum Gasteiger partial charge on any atom is 0.229 e. The highest BCUT2D eigenvalue weighted by molar-refractivity contribution is 7.16. The highest BCUT2D eigenvalue weighted by atomic mass is 35.5. The Balaban J connectivity index is 0.00000192. The van der Waals surface area contributed by atoms with Gasteiger partial charge in [-0.05, 0) is 40.2 Å². The van der Waals surface area contributed by atoms with Crippen LogP contribution in [0.4, 0.5) is 5.13 Å². The molecule has 2 aromatic rings. The van der Waals surface area contributed by atoms with Crippen LogP contribution in [-0.4, -0.2) is 28.5 Å². The van der Waals surface area contributed by atoms with E-state index < -0.39 is 0 Å². The molecule has 3 heterocycles. The summed E-state index contributed by atoms with van der Waals surface area (Å²) in [4.78, 5) is 22.4. The minimum atomic E-state index is 0. The van der Waals surface area contributed by atoms with E-state index in [2.05, 4.69) is 27.5 Å². The van der Waals surface area contributed by atoms with Crippen molar-refractivity contribution >= 4 is 46.1 Å². The first-order valence-corrected chi connectivity index (χ1v) is 9.16. The first-order chi connectivity index (χ1) is 10.5. The largest absolute Gasteiger partial charge is 0.314 e. The van der Waals surface area contributed by atoms with Crippen molar-refractivity contribution in [1.82, 2.24) is 15.3 Å². The van der Waals surface area contributed by atoms with Crippen molar-refractivity contribution in [3.8, 4) is 10.6 Å². The molecule has 2 aromatic heterocycles. The molecule has 0 radical (unpaired) electrons. The predicted octanol–water partition coefficient (Wildman–Crippen LogP) is 3.63. The summed E-state index contributed by atoms with van der Waals surface area (Å²) < 4.78 is 0. The molecule has 126 valence electrons. The quantitative estimate of drug-likeness (QED) is 0.863. The lowest BCUT2D eigenvalue weighted by atomic mass is 9.93. The molecule has 23 heavy (non-hydrogen) atoms. The third-order valence-corrected chi connectivity index (χ3v) is 5.72. The summed E-state index contributed by atoms with van der Waals surface area (Å²) in [5.41, 5.74) is 1.90. The van der Waals surface area contributed by atoms with Gasteiger partial charge in [-0.1, -0.05) is 0 Å². The van der Waals surface area contributed by atoms with Gasteiger partial charge in [0, 0.05) is 17.3 Å². The molecule has 1 aliphatic rings. The number of aromatic nitrogens is 2. The fourth-order valence-electron chi connectivity index (χ4n) is 2.78. The minimum absolute atomic E-state index is 0. The summed E-state index contributed by atoms with van der Waals surface area (Å²) in [5, 5.41) is 10.0. The van der Waals surface area contributed by atoms with Gasteiger partial charge >= 0.3 is 0 Å². The zero-order chi connectivity index (χ0) is 15.7. The highest BCUT2D eigenvalue weighted by Gasteiger charge is 2.25. The van der Waals surface area contributed by atoms with Crippen molar-refractivity contribution in [3.63, 3.8) is 0 Å². The molecule has 0 bridgehead atoms. The molecule has 0 saturated carbocycles. The number of carbonyl (C=O) groups is 1. The van der Waals surface area contributed by atoms with E-state index in [1.807, 2.05) is 19.2 Å². The monoisotopic (exact) mass is 372 g/mol. The molecule has 1 fully saturated rings. The molecule has 0 spiro atoms. The Morgan fingerprint density at radius 3 is 2.83 bits per heavy atom. The second-order valence-electron chi connectivity index (χ2n) is 5.75. The third kappa shape index (κ3) is 4.29. The SMILES string of the molecule is Cc1nc(C)c(-c2csc(NC(=O)[C@H]3CCN[C@@H](C)C3)n2)s1.Cl. The smallest absolute Gasteiger partial charge is 0.229 e. The maximum atomic E-state index is 12.3. The Hall–Kier alpha value is -1.02. The van der Waals surface area contributed by atoms with Crippen LogP contribution in [-0.2, 0) is 4.79 Å². The van der Waals surface area contributed by atoms with E-state index in [4.69, 9.17) is 0 Å². The average Bonchev–Trinajstić information content (AvgIpc) is 3.05. The number of nitrogens with zero attached hydrogens (tertiary/aromatic N) is 2. The fraction of sp³-hybridized carbons (Fsp3) is 0.533. The standard InChI is InChI=1S/C15H20N4OS2.ClH/c1-8-6-11(4-5-16-8)14(20)19-15-18-12(7-21-15)13-9(2)17-10(3)22-13;/h7-8,11,16H,4-6H2,1-3H3,(H,18,19,20);1H/t8-,11-;/m0./s1. The van der Waals surface area contributed by atoms with Crippen LogP contribution in [0.15, 0.2) is 5.38 Å². The van der Waals surface area contributed by atoms with E-state index in [0.717, 1.165) is 40.7 Å². The molecular weight excluding hydrogens is 352 g/mol. The summed E-state index contributed by atoms with van der Waals surface area (Å²) in [6.45, 7) is 7.01. The zero-order valence-corrected chi connectivity index (χ0v) is 15.8. The first-order valence-electron chi connectivity index (χ1n) is 7.47. The number of hydrogen-bond acceptors (Lipinski definition) is 6. The average molecular weight is 373 g/mol. The second-order valence-corrected chi connectivity index (χ2v) is 7.81. The Kier molecular flexibility index (Phi) is 6.13. The van der Waals surface area contributed by atoms with Gasteiger partial charge in [-0.2, -0.15) is 0 Å². The van der Waals surface area contributed by atoms with E-state index >= 15 is 0 Å². The van der Waals surface area contributed by atoms with E-state index in [0.29, 0.717) is 11.2 Å². The highest BCUT2D eigenvalue weighted by Crippen LogP contribution is 2.32. The summed E-state index contributed by atoms with van der Waals surface area (Å²) >= 11 is 3.12. The van der Waals surface area contributed by atoms with Gasteiger partial charge in [0.1, 0.15) is 0 Å². The van der Waals surface area contributed by atoms with Crippen LogP contribution in [0.3, 0.4) is 0 Å². The van der Waals surface area contributed by atoms with E-state index in [9.17, 15) is 4.79 Å². The van der Waals surface area contributed by atoms with Gasteiger partial charge in [0.05, 0.1) is 21.3 Å². The van der Waals surface area contributed by atoms with Gasteiger partial charge in [-0.15, -0.1) is 35.1 Å². The Morgan fingerprint density at radius 2 is 2.17 bits per heavy atom. The number of nitrogens with one attached hydrogen (secondary N) is 2. The van der Waals surface area contributed by atoms with Crippen molar-refractivity contribution in [2.75, 3.05) is 11.9 Å². The summed E-state index contributed by atoms with van der Waals surface area (Å²) in [6.07, 6.45) is 1.78. The van der Waals surface area contributed by atoms with Gasteiger partial charge in [-0.25, -0.2) is 9.97 Å². The van der Waals surface area contributed by atoms with Gasteiger partial charge in [0.2, 0.25) is 5.91 Å². The molecule has 1 aliphatic heterocycles. The van der Waals surface area contributed by atoms with Crippen molar-refractivity contribution in [1.29, 1.82) is 0 Å². The number of hydrogen-bond donors (Lipinski definition) is 2. The molecule has 5 nitrogen and oxygen atoms in total. The van der Waals surface area contributed by atoms with Crippen LogP contribution in [0.2, 0.25) is 0 Å².